The number of carbonyl (C=O) groups is 8. The third-order valence-corrected chi connectivity index (χ3v) is 10.1. The SMILES string of the molecule is C=C(C)C(=O)COC(=O)c1ccc(Oc2ccc(C(=O)OCC(=O)C(=C)C)c(C(=O)Nc3cccc(C(=O)Nc4ccc(NC(=O)c5cccc(C)c5)c5ccccc45)c3)c2)cc1C(=O)NC. The number of amides is 4. The van der Waals surface area contributed by atoms with Crippen molar-refractivity contribution >= 4 is 75.0 Å². The lowest BCUT2D eigenvalue weighted by atomic mass is 10.0. The van der Waals surface area contributed by atoms with Gasteiger partial charge in [0.25, 0.3) is 23.6 Å². The largest absolute Gasteiger partial charge is 0.457 e. The zero-order valence-electron chi connectivity index (χ0n) is 36.9. The number of benzene rings is 6. The van der Waals surface area contributed by atoms with Gasteiger partial charge in [-0.15, -0.1) is 0 Å². The van der Waals surface area contributed by atoms with Gasteiger partial charge in [0.1, 0.15) is 11.5 Å². The van der Waals surface area contributed by atoms with Crippen molar-refractivity contribution in [1.82, 2.24) is 5.32 Å². The molecule has 0 heterocycles. The Balaban J connectivity index is 1.24. The van der Waals surface area contributed by atoms with Crippen molar-refractivity contribution < 1.29 is 52.6 Å². The van der Waals surface area contributed by atoms with E-state index in [9.17, 15) is 38.4 Å². The molecule has 0 aliphatic rings. The summed E-state index contributed by atoms with van der Waals surface area (Å²) in [4.78, 5) is 104. The molecule has 4 N–H and O–H groups in total. The Morgan fingerprint density at radius 3 is 1.45 bits per heavy atom. The zero-order chi connectivity index (χ0) is 48.4. The van der Waals surface area contributed by atoms with E-state index in [2.05, 4.69) is 34.4 Å². The van der Waals surface area contributed by atoms with Crippen molar-refractivity contribution in [2.24, 2.45) is 0 Å². The lowest BCUT2D eigenvalue weighted by Crippen LogP contribution is -2.23. The van der Waals surface area contributed by atoms with Gasteiger partial charge < -0.3 is 35.5 Å². The lowest BCUT2D eigenvalue weighted by Gasteiger charge is -2.15. The molecule has 15 nitrogen and oxygen atoms in total. The van der Waals surface area contributed by atoms with Crippen molar-refractivity contribution in [2.75, 3.05) is 36.2 Å². The fourth-order valence-electron chi connectivity index (χ4n) is 6.47. The van der Waals surface area contributed by atoms with E-state index in [0.717, 1.165) is 5.56 Å². The van der Waals surface area contributed by atoms with Crippen molar-refractivity contribution in [3.05, 3.63) is 185 Å². The van der Waals surface area contributed by atoms with Gasteiger partial charge in [-0.1, -0.05) is 61.2 Å². The number of hydrogen-bond donors (Lipinski definition) is 4. The van der Waals surface area contributed by atoms with Gasteiger partial charge in [0.15, 0.2) is 24.8 Å². The number of fused-ring (bicyclic) bond motifs is 1. The molecule has 0 aliphatic heterocycles. The van der Waals surface area contributed by atoms with E-state index in [0.29, 0.717) is 27.7 Å². The minimum atomic E-state index is -1.01. The molecule has 0 saturated carbocycles. The minimum absolute atomic E-state index is 0.00560. The van der Waals surface area contributed by atoms with Gasteiger partial charge in [-0.25, -0.2) is 9.59 Å². The van der Waals surface area contributed by atoms with Crippen LogP contribution in [0, 0.1) is 6.92 Å². The van der Waals surface area contributed by atoms with Gasteiger partial charge >= 0.3 is 11.9 Å². The highest BCUT2D eigenvalue weighted by atomic mass is 16.5. The summed E-state index contributed by atoms with van der Waals surface area (Å²) >= 11 is 0. The molecule has 0 saturated heterocycles. The summed E-state index contributed by atoms with van der Waals surface area (Å²) < 4.78 is 16.3. The van der Waals surface area contributed by atoms with Crippen LogP contribution in [0.1, 0.15) is 81.6 Å². The van der Waals surface area contributed by atoms with Crippen LogP contribution in [-0.2, 0) is 19.1 Å². The first-order chi connectivity index (χ1) is 32.0. The van der Waals surface area contributed by atoms with Crippen LogP contribution >= 0.6 is 0 Å². The number of hydrogen-bond acceptors (Lipinski definition) is 11. The molecule has 0 atom stereocenters. The van der Waals surface area contributed by atoms with Gasteiger partial charge in [0.2, 0.25) is 0 Å². The van der Waals surface area contributed by atoms with Crippen LogP contribution < -0.4 is 26.0 Å². The standard InChI is InChI=1S/C52H44N4O11/c1-29(2)45(57)27-65-51(63)39-19-17-35(25-41(39)49(61)53-6)67-36-18-20-40(52(64)66-28-46(58)30(3)4)42(26-36)50(62)54-34-14-10-13-33(24-34)48(60)56-44-22-21-43(37-15-7-8-16-38(37)44)55-47(59)32-12-9-11-31(5)23-32/h7-26H,1,3,27-28H2,2,4-6H3,(H,53,61)(H,54,62)(H,55,59)(H,56,60). The average molecular weight is 901 g/mol. The molecule has 0 unspecified atom stereocenters. The Hall–Kier alpha value is -8.98. The van der Waals surface area contributed by atoms with Crippen LogP contribution in [0.15, 0.2) is 146 Å². The number of ether oxygens (including phenoxy) is 3. The van der Waals surface area contributed by atoms with E-state index in [1.807, 2.05) is 31.2 Å². The number of Topliss-reactive ketones (excluding diaryl/α,β-unsaturated/α-hetero) is 2. The molecule has 0 aliphatic carbocycles. The number of carbonyl (C=O) groups excluding carboxylic acids is 8. The van der Waals surface area contributed by atoms with Crippen LogP contribution in [-0.4, -0.2) is 67.4 Å². The Morgan fingerprint density at radius 1 is 0.493 bits per heavy atom. The fraction of sp³-hybridized carbons (Fsp3) is 0.115. The number of nitrogens with one attached hydrogen (secondary N) is 4. The summed E-state index contributed by atoms with van der Waals surface area (Å²) in [6.07, 6.45) is 0. The first-order valence-corrected chi connectivity index (χ1v) is 20.5. The van der Waals surface area contributed by atoms with Crippen LogP contribution in [0.2, 0.25) is 0 Å². The summed E-state index contributed by atoms with van der Waals surface area (Å²) in [6.45, 7) is 10.7. The Labute approximate surface area is 384 Å². The Kier molecular flexibility index (Phi) is 15.0. The van der Waals surface area contributed by atoms with Crippen molar-refractivity contribution in [2.45, 2.75) is 20.8 Å². The first-order valence-electron chi connectivity index (χ1n) is 20.5. The molecule has 4 amide bonds. The second-order valence-electron chi connectivity index (χ2n) is 15.2. The Morgan fingerprint density at radius 2 is 0.970 bits per heavy atom. The van der Waals surface area contributed by atoms with Gasteiger partial charge in [-0.05, 0) is 111 Å². The van der Waals surface area contributed by atoms with Crippen LogP contribution in [0.3, 0.4) is 0 Å². The van der Waals surface area contributed by atoms with Crippen molar-refractivity contribution in [3.8, 4) is 11.5 Å². The van der Waals surface area contributed by atoms with Crippen LogP contribution in [0.4, 0.5) is 17.1 Å². The number of rotatable bonds is 17. The summed E-state index contributed by atoms with van der Waals surface area (Å²) in [5.41, 5.74) is 2.30. The summed E-state index contributed by atoms with van der Waals surface area (Å²) in [5, 5.41) is 12.3. The smallest absolute Gasteiger partial charge is 0.339 e. The second-order valence-corrected chi connectivity index (χ2v) is 15.2. The molecule has 338 valence electrons. The van der Waals surface area contributed by atoms with E-state index in [-0.39, 0.29) is 62.1 Å². The summed E-state index contributed by atoms with van der Waals surface area (Å²) in [6, 6.07) is 31.6. The first kappa shape index (κ1) is 47.5. The van der Waals surface area contributed by atoms with Crippen LogP contribution in [0.5, 0.6) is 11.5 Å². The van der Waals surface area contributed by atoms with Crippen LogP contribution in [0.25, 0.3) is 10.8 Å². The topological polar surface area (TPSA) is 212 Å². The molecular weight excluding hydrogens is 857 g/mol. The van der Waals surface area contributed by atoms with E-state index >= 15 is 0 Å². The average Bonchev–Trinajstić information content (AvgIpc) is 3.32. The summed E-state index contributed by atoms with van der Waals surface area (Å²) in [7, 11) is 1.35. The molecular formula is C52H44N4O11. The molecule has 0 radical (unpaired) electrons. The monoisotopic (exact) mass is 900 g/mol. The van der Waals surface area contributed by atoms with Crippen molar-refractivity contribution in [1.29, 1.82) is 0 Å². The van der Waals surface area contributed by atoms with Gasteiger partial charge in [-0.2, -0.15) is 0 Å². The maximum absolute atomic E-state index is 14.1. The third kappa shape index (κ3) is 11.8. The molecule has 6 aromatic carbocycles. The highest BCUT2D eigenvalue weighted by Gasteiger charge is 2.24. The number of esters is 2. The predicted molar refractivity (Wildman–Crippen MR) is 252 cm³/mol. The molecule has 6 rings (SSSR count). The molecule has 67 heavy (non-hydrogen) atoms. The van der Waals surface area contributed by atoms with Gasteiger partial charge in [-0.3, -0.25) is 28.8 Å². The fourth-order valence-corrected chi connectivity index (χ4v) is 6.47. The maximum Gasteiger partial charge on any atom is 0.339 e. The lowest BCUT2D eigenvalue weighted by molar-refractivity contribution is -0.119. The second kappa shape index (κ2) is 21.1. The normalized spacial score (nSPS) is 10.5. The molecule has 0 bridgehead atoms. The molecule has 0 spiro atoms. The Bertz CT molecular complexity index is 3040. The van der Waals surface area contributed by atoms with E-state index in [1.54, 1.807) is 48.5 Å². The molecule has 15 heteroatoms. The third-order valence-electron chi connectivity index (χ3n) is 10.1. The molecule has 0 fully saturated rings. The number of anilines is 3. The zero-order valence-corrected chi connectivity index (χ0v) is 36.9. The highest BCUT2D eigenvalue weighted by Crippen LogP contribution is 2.32. The number of aryl methyl sites for hydroxylation is 1. The number of ketones is 2. The van der Waals surface area contributed by atoms with Crippen molar-refractivity contribution in [3.63, 3.8) is 0 Å². The van der Waals surface area contributed by atoms with Gasteiger partial charge in [0, 0.05) is 46.0 Å². The molecule has 0 aromatic heterocycles. The summed E-state index contributed by atoms with van der Waals surface area (Å²) in [5.74, 6) is -5.26. The maximum atomic E-state index is 14.1. The predicted octanol–water partition coefficient (Wildman–Crippen LogP) is 8.66. The van der Waals surface area contributed by atoms with E-state index in [1.165, 1.54) is 69.4 Å². The van der Waals surface area contributed by atoms with Gasteiger partial charge in [0.05, 0.1) is 22.3 Å². The molecule has 6 aromatic rings. The highest BCUT2D eigenvalue weighted by molar-refractivity contribution is 6.16. The minimum Gasteiger partial charge on any atom is -0.457 e. The van der Waals surface area contributed by atoms with E-state index < -0.39 is 54.4 Å². The van der Waals surface area contributed by atoms with E-state index in [4.69, 9.17) is 14.2 Å². The quantitative estimate of drug-likeness (QED) is 0.0502.